The number of rotatable bonds is 58. The second kappa shape index (κ2) is 50.8. The number of benzene rings is 1. The maximum atomic E-state index is 9.74. The lowest BCUT2D eigenvalue weighted by Crippen LogP contribution is -2.33. The van der Waals surface area contributed by atoms with Crippen LogP contribution in [0.15, 0.2) is 28.4 Å². The van der Waals surface area contributed by atoms with Crippen LogP contribution >= 0.6 is 11.3 Å². The van der Waals surface area contributed by atoms with Crippen molar-refractivity contribution < 1.29 is 90.7 Å². The van der Waals surface area contributed by atoms with Crippen LogP contribution in [0.4, 0.5) is 21.4 Å². The van der Waals surface area contributed by atoms with E-state index in [0.717, 1.165) is 22.6 Å². The highest BCUT2D eigenvalue weighted by molar-refractivity contribution is 7.20. The van der Waals surface area contributed by atoms with E-state index in [0.29, 0.717) is 152 Å². The first-order chi connectivity index (χ1) is 44.7. The number of hydrogen-bond donors (Lipinski definition) is 2. The van der Waals surface area contributed by atoms with Crippen molar-refractivity contribution in [2.24, 2.45) is 10.2 Å². The summed E-state index contributed by atoms with van der Waals surface area (Å²) in [6.45, 7) is 52.7. The zero-order valence-corrected chi connectivity index (χ0v) is 61.2. The quantitative estimate of drug-likeness (QED) is 0.0355. The number of ether oxygens (including phenoxy) is 17. The summed E-state index contributed by atoms with van der Waals surface area (Å²) in [5.74, 6) is 0. The molecule has 0 saturated heterocycles. The van der Waals surface area contributed by atoms with Gasteiger partial charge in [-0.3, -0.25) is 0 Å². The number of nitriles is 1. The van der Waals surface area contributed by atoms with Gasteiger partial charge in [0.25, 0.3) is 0 Å². The van der Waals surface area contributed by atoms with Gasteiger partial charge in [0, 0.05) is 18.8 Å². The van der Waals surface area contributed by atoms with E-state index >= 15 is 0 Å². The van der Waals surface area contributed by atoms with Gasteiger partial charge >= 0.3 is 0 Å². The van der Waals surface area contributed by atoms with Gasteiger partial charge < -0.3 is 95.6 Å². The van der Waals surface area contributed by atoms with Gasteiger partial charge in [0.15, 0.2) is 0 Å². The van der Waals surface area contributed by atoms with Crippen molar-refractivity contribution in [2.75, 3.05) is 144 Å². The highest BCUT2D eigenvalue weighted by atomic mass is 32.1. The van der Waals surface area contributed by atoms with Gasteiger partial charge in [-0.05, 0) is 161 Å². The van der Waals surface area contributed by atoms with Gasteiger partial charge in [-0.2, -0.15) is 5.26 Å². The number of aliphatic hydroxyl groups excluding tert-OH is 2. The van der Waals surface area contributed by atoms with E-state index in [1.54, 1.807) is 20.8 Å². The van der Waals surface area contributed by atoms with Gasteiger partial charge in [0.1, 0.15) is 11.1 Å². The van der Waals surface area contributed by atoms with Crippen LogP contribution in [0.1, 0.15) is 134 Å². The molecule has 2 rings (SSSR count). The molecular weight excluding hydrogens is 1230 g/mol. The van der Waals surface area contributed by atoms with E-state index in [1.807, 2.05) is 129 Å². The third-order valence-electron chi connectivity index (χ3n) is 14.1. The molecule has 0 amide bonds. The number of aliphatic hydroxyl groups is 2. The van der Waals surface area contributed by atoms with Gasteiger partial charge in [-0.1, -0.05) is 0 Å². The Balaban J connectivity index is 1.77. The van der Waals surface area contributed by atoms with Crippen LogP contribution in [0, 0.1) is 31.8 Å². The number of aryl methyl sites for hydroxylation is 1. The minimum absolute atomic E-state index is 0.106. The van der Waals surface area contributed by atoms with Crippen molar-refractivity contribution in [3.63, 3.8) is 0 Å². The summed E-state index contributed by atoms with van der Waals surface area (Å²) in [7, 11) is 0. The van der Waals surface area contributed by atoms with Crippen LogP contribution in [-0.4, -0.2) is 253 Å². The largest absolute Gasteiger partial charge is 0.391 e. The standard InChI is InChI=1S/C69H121N5O19S/c1-46-27-65(21-22-67(46)72-73-69-66(28-70)64(19)68(71-20)94-69)74(23-25-77-31-49(4)81-35-53(8)85-39-57(12)89-43-61(16)91-41-59(14)87-37-55(10)83-33-51(6)79-29-47(2)75)24-26-78-32-50(5)82-36-54(9)86-40-58(13)90-44-62(17)93-45-63(18)92-42-60(15)88-38-56(11)84-34-52(7)80-30-48(3)76/h21-22,27,47-63,75-76H,23-26,29-45H2,1-19H3. The van der Waals surface area contributed by atoms with E-state index < -0.39 is 12.2 Å². The zero-order chi connectivity index (χ0) is 70.0. The molecule has 94 heavy (non-hydrogen) atoms. The first kappa shape index (κ1) is 86.6. The minimum Gasteiger partial charge on any atom is -0.391 e. The number of thiophene rings is 1. The molecule has 0 bridgehead atoms. The summed E-state index contributed by atoms with van der Waals surface area (Å²) in [5.41, 5.74) is 3.47. The fourth-order valence-corrected chi connectivity index (χ4v) is 9.15. The molecule has 0 aliphatic carbocycles. The van der Waals surface area contributed by atoms with Crippen LogP contribution in [-0.2, 0) is 80.5 Å². The molecule has 0 spiro atoms. The van der Waals surface area contributed by atoms with Crippen LogP contribution in [0.5, 0.6) is 0 Å². The average molecular weight is 1360 g/mol. The Kier molecular flexibility index (Phi) is 46.8. The Labute approximate surface area is 567 Å². The van der Waals surface area contributed by atoms with Crippen molar-refractivity contribution in [2.45, 2.75) is 235 Å². The summed E-state index contributed by atoms with van der Waals surface area (Å²) < 4.78 is 101. The molecule has 0 saturated carbocycles. The average Bonchev–Trinajstić information content (AvgIpc) is 1.81. The molecule has 1 aromatic heterocycles. The number of anilines is 1. The maximum Gasteiger partial charge on any atom is 0.247 e. The molecule has 0 aliphatic rings. The predicted molar refractivity (Wildman–Crippen MR) is 364 cm³/mol. The first-order valence-electron chi connectivity index (χ1n) is 33.6. The second-order valence-electron chi connectivity index (χ2n) is 25.1. The Morgan fingerprint density at radius 2 is 0.691 bits per heavy atom. The predicted octanol–water partition coefficient (Wildman–Crippen LogP) is 10.9. The monoisotopic (exact) mass is 1360 g/mol. The van der Waals surface area contributed by atoms with Crippen molar-refractivity contribution in [3.8, 4) is 6.07 Å². The highest BCUT2D eigenvalue weighted by Crippen LogP contribution is 2.41. The lowest BCUT2D eigenvalue weighted by atomic mass is 10.1. The van der Waals surface area contributed by atoms with Crippen LogP contribution in [0.25, 0.3) is 4.85 Å². The molecular formula is C69H121N5O19S. The van der Waals surface area contributed by atoms with Crippen molar-refractivity contribution in [3.05, 3.63) is 46.3 Å². The van der Waals surface area contributed by atoms with Gasteiger partial charge in [0.2, 0.25) is 5.00 Å². The topological polar surface area (TPSA) is 253 Å². The van der Waals surface area contributed by atoms with Crippen molar-refractivity contribution in [1.29, 1.82) is 5.26 Å². The smallest absolute Gasteiger partial charge is 0.247 e. The van der Waals surface area contributed by atoms with Crippen LogP contribution < -0.4 is 4.90 Å². The molecule has 17 unspecified atom stereocenters. The molecule has 2 aromatic rings. The SMILES string of the molecule is [C-]#[N+]c1sc(N=Nc2ccc(N(CCOCC(C)OCC(C)OCC(C)OCC(C)OCC(C)OCC(C)OCC(C)OCC(C)O)CCOCC(C)OCC(C)OCC(C)OCC(C)OCC(C)OCC(C)OCC(C)OCC(C)OCC(C)O)cc2C)c(C#N)c1C. The van der Waals surface area contributed by atoms with E-state index in [4.69, 9.17) is 87.1 Å². The van der Waals surface area contributed by atoms with E-state index in [-0.39, 0.29) is 105 Å². The van der Waals surface area contributed by atoms with E-state index in [9.17, 15) is 15.5 Å². The van der Waals surface area contributed by atoms with E-state index in [1.165, 1.54) is 0 Å². The third-order valence-corrected chi connectivity index (χ3v) is 15.1. The van der Waals surface area contributed by atoms with Crippen molar-refractivity contribution in [1.82, 2.24) is 0 Å². The second-order valence-corrected chi connectivity index (χ2v) is 26.1. The summed E-state index contributed by atoms with van der Waals surface area (Å²) in [5, 5.41) is 38.3. The molecule has 542 valence electrons. The molecule has 2 N–H and O–H groups in total. The molecule has 1 aromatic carbocycles. The normalized spacial score (nSPS) is 17.6. The summed E-state index contributed by atoms with van der Waals surface area (Å²) in [6, 6.07) is 8.09. The fraction of sp³-hybridized carbons (Fsp3) is 0.826. The Morgan fingerprint density at radius 3 is 0.936 bits per heavy atom. The number of azo groups is 1. The molecule has 0 aliphatic heterocycles. The Hall–Kier alpha value is -3.46. The lowest BCUT2D eigenvalue weighted by molar-refractivity contribution is -0.110. The van der Waals surface area contributed by atoms with E-state index in [2.05, 4.69) is 26.0 Å². The Bertz CT molecular complexity index is 2360. The summed E-state index contributed by atoms with van der Waals surface area (Å²) >= 11 is 1.16. The maximum absolute atomic E-state index is 9.74. The fourth-order valence-electron chi connectivity index (χ4n) is 8.29. The molecule has 17 atom stereocenters. The minimum atomic E-state index is -0.511. The number of hydrogen-bond acceptors (Lipinski definition) is 24. The van der Waals surface area contributed by atoms with Crippen molar-refractivity contribution >= 4 is 32.7 Å². The highest BCUT2D eigenvalue weighted by Gasteiger charge is 2.20. The van der Waals surface area contributed by atoms with Crippen LogP contribution in [0.2, 0.25) is 0 Å². The first-order valence-corrected chi connectivity index (χ1v) is 34.4. The molecule has 25 heteroatoms. The van der Waals surface area contributed by atoms with Gasteiger partial charge in [-0.15, -0.1) is 21.6 Å². The lowest BCUT2D eigenvalue weighted by Gasteiger charge is -2.26. The summed E-state index contributed by atoms with van der Waals surface area (Å²) in [4.78, 5) is 5.74. The van der Waals surface area contributed by atoms with Crippen LogP contribution in [0.3, 0.4) is 0 Å². The Morgan fingerprint density at radius 1 is 0.426 bits per heavy atom. The third kappa shape index (κ3) is 41.7. The molecule has 1 heterocycles. The summed E-state index contributed by atoms with van der Waals surface area (Å²) in [6.07, 6.45) is -3.08. The zero-order valence-electron chi connectivity index (χ0n) is 60.4. The van der Waals surface area contributed by atoms with Gasteiger partial charge in [-0.25, -0.2) is 4.85 Å². The molecule has 0 radical (unpaired) electrons. The number of nitrogens with zero attached hydrogens (tertiary/aromatic N) is 5. The van der Waals surface area contributed by atoms with Gasteiger partial charge in [0.05, 0.1) is 247 Å². The molecule has 0 fully saturated rings. The molecule has 24 nitrogen and oxygen atoms in total.